The average molecular weight is 208 g/mol. The summed E-state index contributed by atoms with van der Waals surface area (Å²) in [6.07, 6.45) is 1.63. The largest absolute Gasteiger partial charge is 0.392 e. The number of aliphatic hydroxyl groups is 1. The van der Waals surface area contributed by atoms with Crippen LogP contribution in [-0.4, -0.2) is 27.4 Å². The predicted molar refractivity (Wildman–Crippen MR) is 56.9 cm³/mol. The van der Waals surface area contributed by atoms with Crippen molar-refractivity contribution >= 4 is 5.91 Å². The molecule has 4 heteroatoms. The van der Waals surface area contributed by atoms with E-state index in [0.29, 0.717) is 13.1 Å². The van der Waals surface area contributed by atoms with Gasteiger partial charge in [-0.25, -0.2) is 0 Å². The molecule has 1 amide bonds. The maximum absolute atomic E-state index is 11.2. The molecule has 0 aliphatic heterocycles. The van der Waals surface area contributed by atoms with E-state index >= 15 is 0 Å². The molecular formula is C11H16N2O2. The van der Waals surface area contributed by atoms with Crippen molar-refractivity contribution in [2.45, 2.75) is 27.0 Å². The van der Waals surface area contributed by atoms with Crippen LogP contribution in [0.15, 0.2) is 18.3 Å². The summed E-state index contributed by atoms with van der Waals surface area (Å²) in [5.74, 6) is 0.0468. The van der Waals surface area contributed by atoms with Crippen LogP contribution >= 0.6 is 0 Å². The minimum absolute atomic E-state index is 0.00250. The second-order valence-corrected chi connectivity index (χ2v) is 3.35. The highest BCUT2D eigenvalue weighted by Crippen LogP contribution is 2.04. The molecule has 15 heavy (non-hydrogen) atoms. The smallest absolute Gasteiger partial charge is 0.219 e. The molecule has 0 bridgehead atoms. The molecule has 0 spiro atoms. The van der Waals surface area contributed by atoms with E-state index in [1.54, 1.807) is 18.0 Å². The fraction of sp³-hybridized carbons (Fsp3) is 0.455. The molecule has 1 aromatic heterocycles. The fourth-order valence-electron chi connectivity index (χ4n) is 1.28. The molecule has 1 aromatic rings. The third-order valence-corrected chi connectivity index (χ3v) is 2.25. The molecule has 0 saturated heterocycles. The first-order valence-electron chi connectivity index (χ1n) is 4.97. The van der Waals surface area contributed by atoms with E-state index in [-0.39, 0.29) is 12.5 Å². The molecule has 0 unspecified atom stereocenters. The normalized spacial score (nSPS) is 10.1. The number of rotatable bonds is 4. The van der Waals surface area contributed by atoms with Gasteiger partial charge in [-0.2, -0.15) is 0 Å². The number of amides is 1. The zero-order chi connectivity index (χ0) is 11.3. The van der Waals surface area contributed by atoms with Crippen molar-refractivity contribution in [2.75, 3.05) is 6.54 Å². The van der Waals surface area contributed by atoms with Crippen molar-refractivity contribution in [3.05, 3.63) is 29.6 Å². The van der Waals surface area contributed by atoms with Gasteiger partial charge in [0, 0.05) is 19.7 Å². The Morgan fingerprint density at radius 1 is 1.53 bits per heavy atom. The van der Waals surface area contributed by atoms with Crippen molar-refractivity contribution in [3.63, 3.8) is 0 Å². The number of carbonyl (C=O) groups is 1. The van der Waals surface area contributed by atoms with E-state index < -0.39 is 0 Å². The summed E-state index contributed by atoms with van der Waals surface area (Å²) in [5.41, 5.74) is 1.62. The Hall–Kier alpha value is -1.42. The van der Waals surface area contributed by atoms with Gasteiger partial charge in [-0.15, -0.1) is 0 Å². The lowest BCUT2D eigenvalue weighted by Gasteiger charge is -2.18. The zero-order valence-electron chi connectivity index (χ0n) is 9.10. The Kier molecular flexibility index (Phi) is 4.24. The van der Waals surface area contributed by atoms with Crippen molar-refractivity contribution < 1.29 is 9.90 Å². The van der Waals surface area contributed by atoms with E-state index in [2.05, 4.69) is 4.98 Å². The Balaban J connectivity index is 2.67. The molecule has 82 valence electrons. The third-order valence-electron chi connectivity index (χ3n) is 2.25. The Labute approximate surface area is 89.6 Å². The van der Waals surface area contributed by atoms with Gasteiger partial charge in [-0.1, -0.05) is 6.07 Å². The molecule has 0 saturated carbocycles. The van der Waals surface area contributed by atoms with Crippen LogP contribution in [0.1, 0.15) is 25.1 Å². The Bertz CT molecular complexity index is 322. The Morgan fingerprint density at radius 3 is 2.67 bits per heavy atom. The molecule has 0 aliphatic carbocycles. The lowest BCUT2D eigenvalue weighted by molar-refractivity contribution is -0.129. The van der Waals surface area contributed by atoms with Crippen LogP contribution in [0.3, 0.4) is 0 Å². The summed E-state index contributed by atoms with van der Waals surface area (Å²) in [6.45, 7) is 4.68. The third kappa shape index (κ3) is 3.32. The molecule has 0 radical (unpaired) electrons. The second-order valence-electron chi connectivity index (χ2n) is 3.35. The molecule has 1 heterocycles. The summed E-state index contributed by atoms with van der Waals surface area (Å²) in [5, 5.41) is 8.84. The van der Waals surface area contributed by atoms with Crippen molar-refractivity contribution in [1.82, 2.24) is 9.88 Å². The highest BCUT2D eigenvalue weighted by Gasteiger charge is 2.07. The van der Waals surface area contributed by atoms with Crippen LogP contribution in [-0.2, 0) is 17.9 Å². The van der Waals surface area contributed by atoms with E-state index in [9.17, 15) is 4.79 Å². The van der Waals surface area contributed by atoms with Gasteiger partial charge in [-0.05, 0) is 18.6 Å². The summed E-state index contributed by atoms with van der Waals surface area (Å²) in [6, 6.07) is 3.65. The minimum Gasteiger partial charge on any atom is -0.392 e. The van der Waals surface area contributed by atoms with Gasteiger partial charge in [0.1, 0.15) is 0 Å². The first-order valence-corrected chi connectivity index (χ1v) is 4.97. The summed E-state index contributed by atoms with van der Waals surface area (Å²) in [7, 11) is 0. The van der Waals surface area contributed by atoms with Gasteiger partial charge >= 0.3 is 0 Å². The molecule has 0 fully saturated rings. The summed E-state index contributed by atoms with van der Waals surface area (Å²) in [4.78, 5) is 17.0. The maximum Gasteiger partial charge on any atom is 0.219 e. The van der Waals surface area contributed by atoms with Crippen LogP contribution in [0, 0.1) is 0 Å². The molecule has 0 aliphatic rings. The van der Waals surface area contributed by atoms with Crippen molar-refractivity contribution in [3.8, 4) is 0 Å². The summed E-state index contributed by atoms with van der Waals surface area (Å²) >= 11 is 0. The molecular weight excluding hydrogens is 192 g/mol. The molecule has 0 atom stereocenters. The van der Waals surface area contributed by atoms with Crippen LogP contribution in [0.4, 0.5) is 0 Å². The lowest BCUT2D eigenvalue weighted by atomic mass is 10.2. The van der Waals surface area contributed by atoms with E-state index in [4.69, 9.17) is 5.11 Å². The number of hydrogen-bond acceptors (Lipinski definition) is 3. The average Bonchev–Trinajstić information content (AvgIpc) is 2.26. The highest BCUT2D eigenvalue weighted by atomic mass is 16.3. The Morgan fingerprint density at radius 2 is 2.27 bits per heavy atom. The van der Waals surface area contributed by atoms with Gasteiger partial charge < -0.3 is 10.0 Å². The number of hydrogen-bond donors (Lipinski definition) is 1. The number of carbonyl (C=O) groups excluding carboxylic acids is 1. The minimum atomic E-state index is -0.00250. The molecule has 4 nitrogen and oxygen atoms in total. The van der Waals surface area contributed by atoms with Gasteiger partial charge in [0.15, 0.2) is 0 Å². The number of pyridine rings is 1. The zero-order valence-corrected chi connectivity index (χ0v) is 9.10. The standard InChI is InChI=1S/C11H16N2O2/c1-3-13(9(2)15)7-11-5-4-10(8-14)6-12-11/h4-6,14H,3,7-8H2,1-2H3. The number of aromatic nitrogens is 1. The van der Waals surface area contributed by atoms with E-state index in [1.807, 2.05) is 19.1 Å². The molecule has 0 aromatic carbocycles. The SMILES string of the molecule is CCN(Cc1ccc(CO)cn1)C(C)=O. The van der Waals surface area contributed by atoms with Crippen LogP contribution in [0.5, 0.6) is 0 Å². The topological polar surface area (TPSA) is 53.4 Å². The van der Waals surface area contributed by atoms with Crippen LogP contribution < -0.4 is 0 Å². The monoisotopic (exact) mass is 208 g/mol. The van der Waals surface area contributed by atoms with Gasteiger partial charge in [0.25, 0.3) is 0 Å². The predicted octanol–water partition coefficient (Wildman–Crippen LogP) is 0.942. The van der Waals surface area contributed by atoms with Crippen LogP contribution in [0.2, 0.25) is 0 Å². The number of aliphatic hydroxyl groups excluding tert-OH is 1. The van der Waals surface area contributed by atoms with Gasteiger partial charge in [-0.3, -0.25) is 9.78 Å². The first kappa shape index (κ1) is 11.7. The van der Waals surface area contributed by atoms with E-state index in [1.165, 1.54) is 0 Å². The lowest BCUT2D eigenvalue weighted by Crippen LogP contribution is -2.28. The summed E-state index contributed by atoms with van der Waals surface area (Å²) < 4.78 is 0. The molecule has 1 N–H and O–H groups in total. The first-order chi connectivity index (χ1) is 7.17. The van der Waals surface area contributed by atoms with Gasteiger partial charge in [0.2, 0.25) is 5.91 Å². The van der Waals surface area contributed by atoms with Crippen LogP contribution in [0.25, 0.3) is 0 Å². The second kappa shape index (κ2) is 5.46. The fourth-order valence-corrected chi connectivity index (χ4v) is 1.28. The molecule has 1 rings (SSSR count). The maximum atomic E-state index is 11.2. The van der Waals surface area contributed by atoms with Crippen molar-refractivity contribution in [2.24, 2.45) is 0 Å². The van der Waals surface area contributed by atoms with Crippen molar-refractivity contribution in [1.29, 1.82) is 0 Å². The van der Waals surface area contributed by atoms with Gasteiger partial charge in [0.05, 0.1) is 18.8 Å². The number of nitrogens with zero attached hydrogens (tertiary/aromatic N) is 2. The highest BCUT2D eigenvalue weighted by molar-refractivity contribution is 5.73. The quantitative estimate of drug-likeness (QED) is 0.801. The van der Waals surface area contributed by atoms with E-state index in [0.717, 1.165) is 11.3 Å².